The summed E-state index contributed by atoms with van der Waals surface area (Å²) in [5.41, 5.74) is 1.05. The summed E-state index contributed by atoms with van der Waals surface area (Å²) in [5.74, 6) is -2.07. The topological polar surface area (TPSA) is 120 Å². The number of aryl methyl sites for hydroxylation is 1. The lowest BCUT2D eigenvalue weighted by atomic mass is 10.1. The number of carbonyl (C=O) groups excluding carboxylic acids is 3. The van der Waals surface area contributed by atoms with Crippen LogP contribution in [0.4, 0.5) is 0 Å². The number of aromatic nitrogens is 1. The Labute approximate surface area is 173 Å². The van der Waals surface area contributed by atoms with Gasteiger partial charge in [-0.25, -0.2) is 18.0 Å². The molecule has 8 nitrogen and oxygen atoms in total. The van der Waals surface area contributed by atoms with Crippen molar-refractivity contribution in [3.8, 4) is 0 Å². The number of halogens is 1. The number of nitrogens with one attached hydrogen (secondary N) is 1. The molecular formula is C19H20ClNO7S. The van der Waals surface area contributed by atoms with Crippen molar-refractivity contribution in [1.29, 1.82) is 0 Å². The molecular weight excluding hydrogens is 422 g/mol. The summed E-state index contributed by atoms with van der Waals surface area (Å²) < 4.78 is 33.3. The highest BCUT2D eigenvalue weighted by Gasteiger charge is 2.24. The lowest BCUT2D eigenvalue weighted by Gasteiger charge is -2.07. The first-order valence-electron chi connectivity index (χ1n) is 8.53. The molecule has 0 saturated heterocycles. The van der Waals surface area contributed by atoms with Crippen LogP contribution in [0.1, 0.15) is 49.4 Å². The maximum absolute atomic E-state index is 12.5. The number of ketones is 1. The smallest absolute Gasteiger partial charge is 0.340 e. The predicted molar refractivity (Wildman–Crippen MR) is 105 cm³/mol. The third-order valence-electron chi connectivity index (χ3n) is 4.12. The molecule has 1 aromatic carbocycles. The van der Waals surface area contributed by atoms with Crippen molar-refractivity contribution in [1.82, 2.24) is 4.98 Å². The number of H-pyrrole nitrogens is 1. The Balaban J connectivity index is 2.19. The van der Waals surface area contributed by atoms with E-state index in [1.54, 1.807) is 20.8 Å². The van der Waals surface area contributed by atoms with Crippen LogP contribution in [0, 0.1) is 13.8 Å². The van der Waals surface area contributed by atoms with E-state index in [-0.39, 0.29) is 33.3 Å². The van der Waals surface area contributed by atoms with E-state index < -0.39 is 34.2 Å². The number of benzene rings is 1. The Morgan fingerprint density at radius 3 is 2.34 bits per heavy atom. The third-order valence-corrected chi connectivity index (χ3v) is 5.56. The zero-order valence-electron chi connectivity index (χ0n) is 16.3. The van der Waals surface area contributed by atoms with Crippen molar-refractivity contribution < 1.29 is 32.3 Å². The van der Waals surface area contributed by atoms with Crippen LogP contribution in [0.3, 0.4) is 0 Å². The van der Waals surface area contributed by atoms with Crippen LogP contribution in [0.2, 0.25) is 5.02 Å². The maximum Gasteiger partial charge on any atom is 0.340 e. The standard InChI is InChI=1S/C19H20ClNO7S/c1-5-27-19(24)16-10(2)17(21-11(16)3)15(22)9-28-18(23)13-8-12(29(4,25)26)6-7-14(13)20/h6-8,21H,5,9H2,1-4H3. The summed E-state index contributed by atoms with van der Waals surface area (Å²) in [6.07, 6.45) is 0.992. The molecule has 1 heterocycles. The molecule has 0 fully saturated rings. The van der Waals surface area contributed by atoms with Crippen LogP contribution in [-0.4, -0.2) is 50.6 Å². The second kappa shape index (κ2) is 8.79. The molecule has 0 atom stereocenters. The second-order valence-corrected chi connectivity index (χ2v) is 8.68. The van der Waals surface area contributed by atoms with Crippen LogP contribution in [0.15, 0.2) is 23.1 Å². The third kappa shape index (κ3) is 5.04. The molecule has 10 heteroatoms. The molecule has 1 N–H and O–H groups in total. The Kier molecular flexibility index (Phi) is 6.86. The summed E-state index contributed by atoms with van der Waals surface area (Å²) in [4.78, 5) is 39.5. The Hall–Kier alpha value is -2.65. The molecule has 29 heavy (non-hydrogen) atoms. The van der Waals surface area contributed by atoms with Crippen LogP contribution in [-0.2, 0) is 19.3 Å². The minimum Gasteiger partial charge on any atom is -0.462 e. The zero-order valence-corrected chi connectivity index (χ0v) is 17.9. The molecule has 0 spiro atoms. The monoisotopic (exact) mass is 441 g/mol. The zero-order chi connectivity index (χ0) is 21.9. The molecule has 0 unspecified atom stereocenters. The number of rotatable bonds is 7. The van der Waals surface area contributed by atoms with Gasteiger partial charge in [0.1, 0.15) is 0 Å². The Bertz CT molecular complexity index is 1090. The number of hydrogen-bond acceptors (Lipinski definition) is 7. The van der Waals surface area contributed by atoms with Crippen molar-refractivity contribution in [2.24, 2.45) is 0 Å². The van der Waals surface area contributed by atoms with Gasteiger partial charge < -0.3 is 14.5 Å². The van der Waals surface area contributed by atoms with Gasteiger partial charge in [-0.3, -0.25) is 4.79 Å². The Morgan fingerprint density at radius 1 is 1.10 bits per heavy atom. The maximum atomic E-state index is 12.5. The van der Waals surface area contributed by atoms with Crippen LogP contribution in [0.25, 0.3) is 0 Å². The summed E-state index contributed by atoms with van der Waals surface area (Å²) in [6, 6.07) is 3.62. The van der Waals surface area contributed by atoms with Crippen molar-refractivity contribution in [2.45, 2.75) is 25.7 Å². The van der Waals surface area contributed by atoms with Crippen molar-refractivity contribution >= 4 is 39.2 Å². The minimum atomic E-state index is -3.55. The number of hydrogen-bond donors (Lipinski definition) is 1. The molecule has 0 radical (unpaired) electrons. The molecule has 1 aromatic heterocycles. The lowest BCUT2D eigenvalue weighted by molar-refractivity contribution is 0.0472. The van der Waals surface area contributed by atoms with E-state index in [0.717, 1.165) is 12.3 Å². The molecule has 2 rings (SSSR count). The first kappa shape index (κ1) is 22.6. The van der Waals surface area contributed by atoms with Gasteiger partial charge in [0.05, 0.1) is 33.3 Å². The van der Waals surface area contributed by atoms with Gasteiger partial charge in [-0.15, -0.1) is 0 Å². The minimum absolute atomic E-state index is 0.00801. The highest BCUT2D eigenvalue weighted by molar-refractivity contribution is 7.90. The van der Waals surface area contributed by atoms with Crippen molar-refractivity contribution in [2.75, 3.05) is 19.5 Å². The van der Waals surface area contributed by atoms with E-state index in [4.69, 9.17) is 21.1 Å². The molecule has 0 amide bonds. The van der Waals surface area contributed by atoms with Crippen molar-refractivity contribution in [3.05, 3.63) is 51.3 Å². The van der Waals surface area contributed by atoms with Gasteiger partial charge in [-0.05, 0) is 44.5 Å². The van der Waals surface area contributed by atoms with Gasteiger partial charge in [0.2, 0.25) is 5.78 Å². The summed E-state index contributed by atoms with van der Waals surface area (Å²) >= 11 is 5.95. The average molecular weight is 442 g/mol. The normalized spacial score (nSPS) is 11.2. The molecule has 0 aliphatic rings. The fraction of sp³-hybridized carbons (Fsp3) is 0.316. The lowest BCUT2D eigenvalue weighted by Crippen LogP contribution is -2.16. The number of ether oxygens (including phenoxy) is 2. The molecule has 0 aliphatic carbocycles. The Morgan fingerprint density at radius 2 is 1.76 bits per heavy atom. The van der Waals surface area contributed by atoms with Crippen LogP contribution < -0.4 is 0 Å². The quantitative estimate of drug-likeness (QED) is 0.518. The molecule has 156 valence electrons. The molecule has 0 bridgehead atoms. The van der Waals surface area contributed by atoms with E-state index in [2.05, 4.69) is 4.98 Å². The molecule has 2 aromatic rings. The van der Waals surface area contributed by atoms with Gasteiger partial charge in [0, 0.05) is 11.9 Å². The first-order valence-corrected chi connectivity index (χ1v) is 10.8. The van der Waals surface area contributed by atoms with Crippen LogP contribution >= 0.6 is 11.6 Å². The number of Topliss-reactive ketones (excluding diaryl/α,β-unsaturated/α-hetero) is 1. The van der Waals surface area contributed by atoms with Gasteiger partial charge in [-0.2, -0.15) is 0 Å². The van der Waals surface area contributed by atoms with E-state index in [1.165, 1.54) is 12.1 Å². The van der Waals surface area contributed by atoms with Crippen molar-refractivity contribution in [3.63, 3.8) is 0 Å². The fourth-order valence-electron chi connectivity index (χ4n) is 2.71. The van der Waals surface area contributed by atoms with Gasteiger partial charge in [-0.1, -0.05) is 11.6 Å². The molecule has 0 saturated carbocycles. The highest BCUT2D eigenvalue weighted by Crippen LogP contribution is 2.22. The van der Waals surface area contributed by atoms with E-state index >= 15 is 0 Å². The largest absolute Gasteiger partial charge is 0.462 e. The summed E-state index contributed by atoms with van der Waals surface area (Å²) in [5, 5.41) is -0.00801. The van der Waals surface area contributed by atoms with E-state index in [0.29, 0.717) is 11.3 Å². The summed E-state index contributed by atoms with van der Waals surface area (Å²) in [7, 11) is -3.55. The number of carbonyl (C=O) groups is 3. The SMILES string of the molecule is CCOC(=O)c1c(C)[nH]c(C(=O)COC(=O)c2cc(S(C)(=O)=O)ccc2Cl)c1C. The predicted octanol–water partition coefficient (Wildman–Crippen LogP) is 2.90. The van der Waals surface area contributed by atoms with E-state index in [9.17, 15) is 22.8 Å². The number of sulfone groups is 1. The van der Waals surface area contributed by atoms with Gasteiger partial charge >= 0.3 is 11.9 Å². The number of esters is 2. The highest BCUT2D eigenvalue weighted by atomic mass is 35.5. The fourth-order valence-corrected chi connectivity index (χ4v) is 3.55. The van der Waals surface area contributed by atoms with E-state index in [1.807, 2.05) is 0 Å². The summed E-state index contributed by atoms with van der Waals surface area (Å²) in [6.45, 7) is 4.44. The first-order chi connectivity index (χ1) is 13.5. The van der Waals surface area contributed by atoms with Gasteiger partial charge in [0.15, 0.2) is 16.4 Å². The second-order valence-electron chi connectivity index (χ2n) is 6.26. The molecule has 0 aliphatic heterocycles. The average Bonchev–Trinajstić information content (AvgIpc) is 2.93. The van der Waals surface area contributed by atoms with Crippen LogP contribution in [0.5, 0.6) is 0 Å². The number of aromatic amines is 1. The van der Waals surface area contributed by atoms with Gasteiger partial charge in [0.25, 0.3) is 0 Å².